The van der Waals surface area contributed by atoms with Gasteiger partial charge in [0.15, 0.2) is 0 Å². The van der Waals surface area contributed by atoms with Gasteiger partial charge in [-0.05, 0) is 48.4 Å². The fourth-order valence-corrected chi connectivity index (χ4v) is 3.95. The number of rotatable bonds is 6. The Hall–Kier alpha value is -2.83. The monoisotopic (exact) mass is 383 g/mol. The highest BCUT2D eigenvalue weighted by molar-refractivity contribution is 7.92. The molecule has 0 heterocycles. The number of hydrogen-bond donors (Lipinski definition) is 2. The van der Waals surface area contributed by atoms with Crippen molar-refractivity contribution in [3.63, 3.8) is 0 Å². The fraction of sp³-hybridized carbons (Fsp3) is 0.143. The van der Waals surface area contributed by atoms with Crippen LogP contribution in [0, 0.1) is 0 Å². The van der Waals surface area contributed by atoms with Gasteiger partial charge in [0, 0.05) is 5.56 Å². The van der Waals surface area contributed by atoms with Gasteiger partial charge in [0.2, 0.25) is 0 Å². The second-order valence-corrected chi connectivity index (χ2v) is 7.77. The van der Waals surface area contributed by atoms with E-state index in [1.54, 1.807) is 31.2 Å². The summed E-state index contributed by atoms with van der Waals surface area (Å²) in [7, 11) is -2.24. The van der Waals surface area contributed by atoms with Gasteiger partial charge in [-0.1, -0.05) is 42.5 Å². The number of sulfonamides is 1. The molecule has 3 aromatic carbocycles. The van der Waals surface area contributed by atoms with Crippen molar-refractivity contribution in [1.29, 1.82) is 0 Å². The minimum Gasteiger partial charge on any atom is -0.497 e. The first kappa shape index (κ1) is 18.9. The SMILES string of the molecule is COc1ccc(S(=O)(=O)Nc2ccccc2-c2ccccc2C(C)O)cc1. The maximum absolute atomic E-state index is 12.8. The molecule has 5 nitrogen and oxygen atoms in total. The van der Waals surface area contributed by atoms with Crippen LogP contribution < -0.4 is 9.46 Å². The van der Waals surface area contributed by atoms with Crippen molar-refractivity contribution in [1.82, 2.24) is 0 Å². The van der Waals surface area contributed by atoms with Gasteiger partial charge in [-0.3, -0.25) is 4.72 Å². The summed E-state index contributed by atoms with van der Waals surface area (Å²) in [6.07, 6.45) is -0.674. The molecule has 0 fully saturated rings. The van der Waals surface area contributed by atoms with E-state index in [9.17, 15) is 13.5 Å². The van der Waals surface area contributed by atoms with Gasteiger partial charge in [0.1, 0.15) is 5.75 Å². The largest absolute Gasteiger partial charge is 0.497 e. The number of ether oxygens (including phenoxy) is 1. The third-order valence-electron chi connectivity index (χ3n) is 4.24. The quantitative estimate of drug-likeness (QED) is 0.668. The lowest BCUT2D eigenvalue weighted by atomic mass is 9.96. The van der Waals surface area contributed by atoms with Crippen molar-refractivity contribution in [2.45, 2.75) is 17.9 Å². The van der Waals surface area contributed by atoms with Crippen LogP contribution in [0.25, 0.3) is 11.1 Å². The number of aliphatic hydroxyl groups is 1. The van der Waals surface area contributed by atoms with Crippen LogP contribution in [0.1, 0.15) is 18.6 Å². The zero-order valence-corrected chi connectivity index (χ0v) is 15.9. The topological polar surface area (TPSA) is 75.6 Å². The lowest BCUT2D eigenvalue weighted by Gasteiger charge is -2.17. The van der Waals surface area contributed by atoms with Crippen LogP contribution >= 0.6 is 0 Å². The summed E-state index contributed by atoms with van der Waals surface area (Å²) in [5, 5.41) is 10.1. The number of aliphatic hydroxyl groups excluding tert-OH is 1. The highest BCUT2D eigenvalue weighted by Gasteiger charge is 2.18. The highest BCUT2D eigenvalue weighted by atomic mass is 32.2. The van der Waals surface area contributed by atoms with E-state index in [0.29, 0.717) is 17.0 Å². The molecule has 27 heavy (non-hydrogen) atoms. The molecule has 0 saturated carbocycles. The van der Waals surface area contributed by atoms with Crippen molar-refractivity contribution >= 4 is 15.7 Å². The van der Waals surface area contributed by atoms with Crippen molar-refractivity contribution in [2.75, 3.05) is 11.8 Å². The van der Waals surface area contributed by atoms with Crippen LogP contribution in [0.3, 0.4) is 0 Å². The molecular weight excluding hydrogens is 362 g/mol. The van der Waals surface area contributed by atoms with Gasteiger partial charge < -0.3 is 9.84 Å². The smallest absolute Gasteiger partial charge is 0.261 e. The third-order valence-corrected chi connectivity index (χ3v) is 5.62. The van der Waals surface area contributed by atoms with Crippen LogP contribution in [0.2, 0.25) is 0 Å². The van der Waals surface area contributed by atoms with Gasteiger partial charge in [-0.25, -0.2) is 8.42 Å². The van der Waals surface area contributed by atoms with Crippen molar-refractivity contribution in [3.8, 4) is 16.9 Å². The van der Waals surface area contributed by atoms with Crippen LogP contribution in [-0.2, 0) is 10.0 Å². The summed E-state index contributed by atoms with van der Waals surface area (Å²) in [5.74, 6) is 0.584. The van der Waals surface area contributed by atoms with Crippen LogP contribution in [0.5, 0.6) is 5.75 Å². The van der Waals surface area contributed by atoms with Crippen LogP contribution in [0.15, 0.2) is 77.7 Å². The minimum atomic E-state index is -3.77. The Morgan fingerprint density at radius 3 is 2.11 bits per heavy atom. The second kappa shape index (κ2) is 7.82. The molecule has 140 valence electrons. The first-order valence-corrected chi connectivity index (χ1v) is 9.94. The Bertz CT molecular complexity index is 1030. The molecular formula is C21H21NO4S. The number of nitrogens with one attached hydrogen (secondary N) is 1. The molecule has 0 aliphatic rings. The Kier molecular flexibility index (Phi) is 5.48. The van der Waals surface area contributed by atoms with E-state index in [-0.39, 0.29) is 4.90 Å². The maximum Gasteiger partial charge on any atom is 0.261 e. The molecule has 1 unspecified atom stereocenters. The predicted octanol–water partition coefficient (Wildman–Crippen LogP) is 4.22. The molecule has 1 atom stereocenters. The molecule has 0 bridgehead atoms. The van der Waals surface area contributed by atoms with E-state index in [2.05, 4.69) is 4.72 Å². The maximum atomic E-state index is 12.8. The number of methoxy groups -OCH3 is 1. The van der Waals surface area contributed by atoms with Crippen LogP contribution in [-0.4, -0.2) is 20.6 Å². The zero-order valence-electron chi connectivity index (χ0n) is 15.1. The molecule has 0 aliphatic carbocycles. The summed E-state index contributed by atoms with van der Waals surface area (Å²) in [6, 6.07) is 20.7. The van der Waals surface area contributed by atoms with Gasteiger partial charge in [-0.15, -0.1) is 0 Å². The lowest BCUT2D eigenvalue weighted by molar-refractivity contribution is 0.200. The summed E-state index contributed by atoms with van der Waals surface area (Å²) >= 11 is 0. The van der Waals surface area contributed by atoms with E-state index in [1.165, 1.54) is 19.2 Å². The van der Waals surface area contributed by atoms with Crippen molar-refractivity contribution in [2.24, 2.45) is 0 Å². The molecule has 3 aromatic rings. The van der Waals surface area contributed by atoms with Gasteiger partial charge in [0.25, 0.3) is 10.0 Å². The molecule has 0 radical (unpaired) electrons. The van der Waals surface area contributed by atoms with E-state index >= 15 is 0 Å². The fourth-order valence-electron chi connectivity index (χ4n) is 2.87. The van der Waals surface area contributed by atoms with E-state index in [0.717, 1.165) is 11.1 Å². The number of anilines is 1. The second-order valence-electron chi connectivity index (χ2n) is 6.09. The average Bonchev–Trinajstić information content (AvgIpc) is 2.68. The number of hydrogen-bond acceptors (Lipinski definition) is 4. The molecule has 0 amide bonds. The average molecular weight is 383 g/mol. The first-order valence-electron chi connectivity index (χ1n) is 8.45. The van der Waals surface area contributed by atoms with E-state index in [4.69, 9.17) is 4.74 Å². The predicted molar refractivity (Wildman–Crippen MR) is 106 cm³/mol. The van der Waals surface area contributed by atoms with Crippen molar-refractivity contribution in [3.05, 3.63) is 78.4 Å². The van der Waals surface area contributed by atoms with Gasteiger partial charge >= 0.3 is 0 Å². The summed E-state index contributed by atoms with van der Waals surface area (Å²) in [4.78, 5) is 0.141. The molecule has 0 saturated heterocycles. The molecule has 2 N–H and O–H groups in total. The first-order chi connectivity index (χ1) is 12.9. The summed E-state index contributed by atoms with van der Waals surface area (Å²) in [5.41, 5.74) is 2.65. The number of benzene rings is 3. The Labute approximate surface area is 159 Å². The highest BCUT2D eigenvalue weighted by Crippen LogP contribution is 2.34. The van der Waals surface area contributed by atoms with Gasteiger partial charge in [-0.2, -0.15) is 0 Å². The summed E-state index contributed by atoms with van der Waals surface area (Å²) in [6.45, 7) is 1.68. The Morgan fingerprint density at radius 1 is 0.889 bits per heavy atom. The third kappa shape index (κ3) is 4.13. The molecule has 3 rings (SSSR count). The van der Waals surface area contributed by atoms with Crippen LogP contribution in [0.4, 0.5) is 5.69 Å². The standard InChI is InChI=1S/C21H21NO4S/c1-15(23)18-7-3-4-8-19(18)20-9-5-6-10-21(20)22-27(24,25)17-13-11-16(26-2)12-14-17/h3-15,22-23H,1-2H3. The van der Waals surface area contributed by atoms with Crippen molar-refractivity contribution < 1.29 is 18.3 Å². The van der Waals surface area contributed by atoms with E-state index < -0.39 is 16.1 Å². The van der Waals surface area contributed by atoms with Gasteiger partial charge in [0.05, 0.1) is 23.8 Å². The zero-order chi connectivity index (χ0) is 19.4. The summed E-state index contributed by atoms with van der Waals surface area (Å²) < 4.78 is 33.3. The van der Waals surface area contributed by atoms with E-state index in [1.807, 2.05) is 36.4 Å². The Balaban J connectivity index is 2.02. The Morgan fingerprint density at radius 2 is 1.48 bits per heavy atom. The minimum absolute atomic E-state index is 0.141. The normalized spacial score (nSPS) is 12.4. The molecule has 0 aliphatic heterocycles. The lowest BCUT2D eigenvalue weighted by Crippen LogP contribution is -2.13. The number of para-hydroxylation sites is 1. The molecule has 0 spiro atoms. The molecule has 6 heteroatoms. The molecule has 0 aromatic heterocycles.